The SMILES string of the molecule is C=CCN1C[C@H](C)N([C@H](c2ccc(C(=O)N(C)CC(=O)O)cc2)c2nccs2)C[C@H]1C. The zero-order valence-corrected chi connectivity index (χ0v) is 19.1. The highest BCUT2D eigenvalue weighted by Crippen LogP contribution is 2.34. The number of aliphatic carboxylic acids is 1. The van der Waals surface area contributed by atoms with Gasteiger partial charge in [-0.1, -0.05) is 18.2 Å². The highest BCUT2D eigenvalue weighted by atomic mass is 32.1. The average Bonchev–Trinajstić information content (AvgIpc) is 3.25. The molecule has 7 nitrogen and oxygen atoms in total. The topological polar surface area (TPSA) is 77.0 Å². The maximum Gasteiger partial charge on any atom is 0.323 e. The van der Waals surface area contributed by atoms with Gasteiger partial charge in [0.05, 0.1) is 6.04 Å². The third-order valence-corrected chi connectivity index (χ3v) is 6.56. The first kappa shape index (κ1) is 23.1. The Morgan fingerprint density at radius 2 is 2.00 bits per heavy atom. The Labute approximate surface area is 187 Å². The summed E-state index contributed by atoms with van der Waals surface area (Å²) >= 11 is 1.63. The largest absolute Gasteiger partial charge is 0.480 e. The monoisotopic (exact) mass is 442 g/mol. The molecule has 31 heavy (non-hydrogen) atoms. The molecule has 1 N–H and O–H groups in total. The summed E-state index contributed by atoms with van der Waals surface area (Å²) in [6.45, 7) is 10.8. The number of carbonyl (C=O) groups is 2. The third-order valence-electron chi connectivity index (χ3n) is 5.74. The van der Waals surface area contributed by atoms with Crippen LogP contribution in [0.25, 0.3) is 0 Å². The summed E-state index contributed by atoms with van der Waals surface area (Å²) in [5.41, 5.74) is 1.55. The Balaban J connectivity index is 1.86. The minimum Gasteiger partial charge on any atom is -0.480 e. The lowest BCUT2D eigenvalue weighted by Crippen LogP contribution is -2.57. The van der Waals surface area contributed by atoms with Crippen molar-refractivity contribution in [2.24, 2.45) is 0 Å². The lowest BCUT2D eigenvalue weighted by atomic mass is 9.98. The molecule has 0 radical (unpaired) electrons. The van der Waals surface area contributed by atoms with Crippen molar-refractivity contribution in [1.82, 2.24) is 19.7 Å². The third kappa shape index (κ3) is 5.39. The van der Waals surface area contributed by atoms with Crippen molar-refractivity contribution in [3.8, 4) is 0 Å². The zero-order chi connectivity index (χ0) is 22.5. The van der Waals surface area contributed by atoms with E-state index < -0.39 is 5.97 Å². The minimum atomic E-state index is -1.03. The molecule has 0 spiro atoms. The van der Waals surface area contributed by atoms with E-state index in [1.807, 2.05) is 29.8 Å². The molecular weight excluding hydrogens is 412 g/mol. The van der Waals surface area contributed by atoms with Crippen LogP contribution in [0.15, 0.2) is 48.5 Å². The molecule has 1 aliphatic heterocycles. The summed E-state index contributed by atoms with van der Waals surface area (Å²) in [6, 6.07) is 8.19. The molecule has 1 amide bonds. The number of piperazine rings is 1. The van der Waals surface area contributed by atoms with Crippen molar-refractivity contribution in [1.29, 1.82) is 0 Å². The van der Waals surface area contributed by atoms with Crippen molar-refractivity contribution in [2.75, 3.05) is 33.2 Å². The van der Waals surface area contributed by atoms with Gasteiger partial charge in [-0.15, -0.1) is 17.9 Å². The van der Waals surface area contributed by atoms with Gasteiger partial charge in [-0.3, -0.25) is 19.4 Å². The Hall–Kier alpha value is -2.55. The minimum absolute atomic E-state index is 0.00392. The van der Waals surface area contributed by atoms with E-state index >= 15 is 0 Å². The van der Waals surface area contributed by atoms with E-state index in [2.05, 4.69) is 35.2 Å². The standard InChI is InChI=1S/C23H30N4O3S/c1-5-11-26-13-17(3)27(14-16(26)2)21(22-24-10-12-31-22)18-6-8-19(9-7-18)23(30)25(4)15-20(28)29/h5-10,12,16-17,21H,1,11,13-15H2,2-4H3,(H,28,29)/t16-,17+,21-/m1/s1. The van der Waals surface area contributed by atoms with Crippen LogP contribution in [0.4, 0.5) is 0 Å². The highest BCUT2D eigenvalue weighted by Gasteiger charge is 2.35. The molecule has 2 aromatic rings. The number of carboxylic acids is 1. The van der Waals surface area contributed by atoms with E-state index in [-0.39, 0.29) is 18.5 Å². The fourth-order valence-corrected chi connectivity index (χ4v) is 4.94. The van der Waals surface area contributed by atoms with Gasteiger partial charge in [-0.05, 0) is 31.5 Å². The van der Waals surface area contributed by atoms with Crippen molar-refractivity contribution in [3.63, 3.8) is 0 Å². The Bertz CT molecular complexity index is 900. The molecule has 1 aromatic carbocycles. The lowest BCUT2D eigenvalue weighted by molar-refractivity contribution is -0.137. The summed E-state index contributed by atoms with van der Waals surface area (Å²) in [4.78, 5) is 34.2. The number of rotatable bonds is 8. The first-order valence-corrected chi connectivity index (χ1v) is 11.3. The van der Waals surface area contributed by atoms with E-state index in [1.54, 1.807) is 23.5 Å². The molecule has 1 fully saturated rings. The van der Waals surface area contributed by atoms with Crippen molar-refractivity contribution in [3.05, 3.63) is 64.6 Å². The van der Waals surface area contributed by atoms with Crippen molar-refractivity contribution in [2.45, 2.75) is 32.0 Å². The molecule has 0 aliphatic carbocycles. The molecule has 0 unspecified atom stereocenters. The first-order chi connectivity index (χ1) is 14.8. The Morgan fingerprint density at radius 1 is 1.29 bits per heavy atom. The lowest BCUT2D eigenvalue weighted by Gasteiger charge is -2.46. The van der Waals surface area contributed by atoms with E-state index in [0.29, 0.717) is 17.6 Å². The second-order valence-electron chi connectivity index (χ2n) is 8.09. The van der Waals surface area contributed by atoms with Crippen LogP contribution in [0.2, 0.25) is 0 Å². The molecule has 2 heterocycles. The van der Waals surface area contributed by atoms with Crippen LogP contribution >= 0.6 is 11.3 Å². The fraction of sp³-hybridized carbons (Fsp3) is 0.435. The van der Waals surface area contributed by atoms with Crippen LogP contribution in [0.1, 0.15) is 40.8 Å². The second kappa shape index (κ2) is 10.2. The summed E-state index contributed by atoms with van der Waals surface area (Å²) in [6.07, 6.45) is 3.78. The first-order valence-electron chi connectivity index (χ1n) is 10.4. The molecule has 3 rings (SSSR count). The fourth-order valence-electron chi connectivity index (χ4n) is 4.15. The smallest absolute Gasteiger partial charge is 0.323 e. The molecule has 1 aliphatic rings. The van der Waals surface area contributed by atoms with E-state index in [1.165, 1.54) is 11.9 Å². The number of hydrogen-bond acceptors (Lipinski definition) is 6. The molecule has 1 saturated heterocycles. The highest BCUT2D eigenvalue weighted by molar-refractivity contribution is 7.09. The van der Waals surface area contributed by atoms with Gasteiger partial charge in [-0.25, -0.2) is 4.98 Å². The molecule has 0 bridgehead atoms. The van der Waals surface area contributed by atoms with Gasteiger partial charge >= 0.3 is 5.97 Å². The maximum absolute atomic E-state index is 12.5. The molecule has 166 valence electrons. The zero-order valence-electron chi connectivity index (χ0n) is 18.3. The molecule has 1 aromatic heterocycles. The molecular formula is C23H30N4O3S. The van der Waals surface area contributed by atoms with Crippen LogP contribution in [0, 0.1) is 0 Å². The van der Waals surface area contributed by atoms with Gasteiger partial charge in [-0.2, -0.15) is 0 Å². The number of likely N-dealkylation sites (N-methyl/N-ethyl adjacent to an activating group) is 1. The molecule has 0 saturated carbocycles. The predicted octanol–water partition coefficient (Wildman–Crippen LogP) is 2.97. The van der Waals surface area contributed by atoms with Crippen LogP contribution in [-0.2, 0) is 4.79 Å². The van der Waals surface area contributed by atoms with Gasteiger partial charge in [0.1, 0.15) is 11.6 Å². The van der Waals surface area contributed by atoms with Crippen molar-refractivity contribution >= 4 is 23.2 Å². The molecule has 8 heteroatoms. The number of aromatic nitrogens is 1. The van der Waals surface area contributed by atoms with Gasteiger partial charge in [0, 0.05) is 55.9 Å². The Morgan fingerprint density at radius 3 is 2.58 bits per heavy atom. The second-order valence-corrected chi connectivity index (χ2v) is 9.01. The maximum atomic E-state index is 12.5. The van der Waals surface area contributed by atoms with Gasteiger partial charge < -0.3 is 10.0 Å². The number of thiazole rings is 1. The number of benzene rings is 1. The summed E-state index contributed by atoms with van der Waals surface area (Å²) in [7, 11) is 1.49. The number of amides is 1. The number of nitrogens with zero attached hydrogens (tertiary/aromatic N) is 4. The number of carbonyl (C=O) groups excluding carboxylic acids is 1. The predicted molar refractivity (Wildman–Crippen MR) is 122 cm³/mol. The van der Waals surface area contributed by atoms with Crippen LogP contribution in [0.3, 0.4) is 0 Å². The normalized spacial score (nSPS) is 20.9. The average molecular weight is 443 g/mol. The quantitative estimate of drug-likeness (QED) is 0.634. The van der Waals surface area contributed by atoms with Crippen LogP contribution in [0.5, 0.6) is 0 Å². The number of hydrogen-bond donors (Lipinski definition) is 1. The van der Waals surface area contributed by atoms with Gasteiger partial charge in [0.15, 0.2) is 0 Å². The number of carboxylic acid groups (broad SMARTS) is 1. The van der Waals surface area contributed by atoms with Crippen LogP contribution in [-0.4, -0.2) is 82.0 Å². The summed E-state index contributed by atoms with van der Waals surface area (Å²) < 4.78 is 0. The summed E-state index contributed by atoms with van der Waals surface area (Å²) in [5.74, 6) is -1.34. The van der Waals surface area contributed by atoms with Crippen LogP contribution < -0.4 is 0 Å². The molecule has 3 atom stereocenters. The Kier molecular flexibility index (Phi) is 7.59. The summed E-state index contributed by atoms with van der Waals surface area (Å²) in [5, 5.41) is 11.9. The van der Waals surface area contributed by atoms with E-state index in [9.17, 15) is 9.59 Å². The van der Waals surface area contributed by atoms with Gasteiger partial charge in [0.2, 0.25) is 0 Å². The van der Waals surface area contributed by atoms with E-state index in [4.69, 9.17) is 5.11 Å². The van der Waals surface area contributed by atoms with E-state index in [0.717, 1.165) is 30.2 Å². The van der Waals surface area contributed by atoms with Crippen molar-refractivity contribution < 1.29 is 14.7 Å². The van der Waals surface area contributed by atoms with Gasteiger partial charge in [0.25, 0.3) is 5.91 Å².